The first-order chi connectivity index (χ1) is 12.4. The Labute approximate surface area is 151 Å². The molecule has 136 valence electrons. The van der Waals surface area contributed by atoms with E-state index in [1.165, 1.54) is 39.5 Å². The lowest BCUT2D eigenvalue weighted by Gasteiger charge is -2.20. The van der Waals surface area contributed by atoms with Gasteiger partial charge in [-0.1, -0.05) is 12.1 Å². The van der Waals surface area contributed by atoms with Gasteiger partial charge in [-0.25, -0.2) is 8.42 Å². The zero-order chi connectivity index (χ0) is 18.9. The van der Waals surface area contributed by atoms with E-state index in [0.717, 1.165) is 0 Å². The van der Waals surface area contributed by atoms with E-state index in [-0.39, 0.29) is 16.2 Å². The summed E-state index contributed by atoms with van der Waals surface area (Å²) < 4.78 is 43.1. The standard InChI is InChI=1S/C18H17NO6S/c1-23-14-9-8-11(17(24-2)18(14)25-3)10-13-16(20)12-6-4-5-7-15(12)26(21,22)19-13/h4-10,19H,1-3H3. The van der Waals surface area contributed by atoms with E-state index in [0.29, 0.717) is 22.8 Å². The van der Waals surface area contributed by atoms with Gasteiger partial charge in [-0.05, 0) is 30.3 Å². The first kappa shape index (κ1) is 17.8. The molecular weight excluding hydrogens is 358 g/mol. The molecule has 2 aromatic carbocycles. The van der Waals surface area contributed by atoms with Crippen molar-refractivity contribution in [2.45, 2.75) is 4.90 Å². The van der Waals surface area contributed by atoms with Crippen LogP contribution in [-0.2, 0) is 10.0 Å². The van der Waals surface area contributed by atoms with Crippen molar-refractivity contribution in [1.82, 2.24) is 4.72 Å². The lowest BCUT2D eigenvalue weighted by molar-refractivity contribution is 0.102. The van der Waals surface area contributed by atoms with Crippen LogP contribution in [0.4, 0.5) is 0 Å². The number of sulfonamides is 1. The Morgan fingerprint density at radius 1 is 0.923 bits per heavy atom. The summed E-state index contributed by atoms with van der Waals surface area (Å²) in [5.74, 6) is 0.695. The van der Waals surface area contributed by atoms with E-state index < -0.39 is 15.8 Å². The minimum Gasteiger partial charge on any atom is -0.493 e. The van der Waals surface area contributed by atoms with Gasteiger partial charge in [0, 0.05) is 11.1 Å². The van der Waals surface area contributed by atoms with Crippen LogP contribution in [0.25, 0.3) is 6.08 Å². The summed E-state index contributed by atoms with van der Waals surface area (Å²) in [6.45, 7) is 0. The average molecular weight is 375 g/mol. The fraction of sp³-hybridized carbons (Fsp3) is 0.167. The van der Waals surface area contributed by atoms with Crippen LogP contribution < -0.4 is 18.9 Å². The predicted octanol–water partition coefficient (Wildman–Crippen LogP) is 2.23. The summed E-state index contributed by atoms with van der Waals surface area (Å²) in [5.41, 5.74) is 0.516. The maximum atomic E-state index is 12.7. The number of ketones is 1. The fourth-order valence-electron chi connectivity index (χ4n) is 2.77. The van der Waals surface area contributed by atoms with Gasteiger partial charge >= 0.3 is 0 Å². The minimum absolute atomic E-state index is 0.0403. The number of carbonyl (C=O) groups is 1. The molecule has 0 aromatic heterocycles. The highest BCUT2D eigenvalue weighted by Crippen LogP contribution is 2.41. The van der Waals surface area contributed by atoms with E-state index in [9.17, 15) is 13.2 Å². The van der Waals surface area contributed by atoms with Crippen molar-refractivity contribution in [1.29, 1.82) is 0 Å². The second-order valence-electron chi connectivity index (χ2n) is 5.41. The lowest BCUT2D eigenvalue weighted by Crippen LogP contribution is -2.34. The Bertz CT molecular complexity index is 1010. The number of allylic oxidation sites excluding steroid dienone is 1. The van der Waals surface area contributed by atoms with Crippen molar-refractivity contribution in [2.24, 2.45) is 0 Å². The van der Waals surface area contributed by atoms with Gasteiger partial charge in [0.1, 0.15) is 0 Å². The molecule has 0 atom stereocenters. The van der Waals surface area contributed by atoms with Gasteiger partial charge in [-0.3, -0.25) is 9.52 Å². The molecule has 0 radical (unpaired) electrons. The minimum atomic E-state index is -3.83. The van der Waals surface area contributed by atoms with Crippen LogP contribution in [-0.4, -0.2) is 35.5 Å². The van der Waals surface area contributed by atoms with Crippen LogP contribution in [0.1, 0.15) is 15.9 Å². The number of carbonyl (C=O) groups excluding carboxylic acids is 1. The second-order valence-corrected chi connectivity index (χ2v) is 7.06. The van der Waals surface area contributed by atoms with Gasteiger partial charge < -0.3 is 14.2 Å². The zero-order valence-corrected chi connectivity index (χ0v) is 15.2. The highest BCUT2D eigenvalue weighted by Gasteiger charge is 2.32. The number of hydrogen-bond acceptors (Lipinski definition) is 6. The van der Waals surface area contributed by atoms with Gasteiger partial charge in [0.2, 0.25) is 11.5 Å². The summed E-state index contributed by atoms with van der Waals surface area (Å²) in [6, 6.07) is 9.35. The predicted molar refractivity (Wildman–Crippen MR) is 95.2 cm³/mol. The summed E-state index contributed by atoms with van der Waals surface area (Å²) >= 11 is 0. The zero-order valence-electron chi connectivity index (χ0n) is 14.4. The smallest absolute Gasteiger partial charge is 0.262 e. The van der Waals surface area contributed by atoms with E-state index in [4.69, 9.17) is 14.2 Å². The van der Waals surface area contributed by atoms with Crippen LogP contribution in [0.5, 0.6) is 17.2 Å². The number of fused-ring (bicyclic) bond motifs is 1. The summed E-state index contributed by atoms with van der Waals surface area (Å²) in [4.78, 5) is 12.7. The molecular formula is C18H17NO6S. The lowest BCUT2D eigenvalue weighted by atomic mass is 10.0. The Hall–Kier alpha value is -3.00. The third-order valence-corrected chi connectivity index (χ3v) is 5.37. The Morgan fingerprint density at radius 2 is 1.62 bits per heavy atom. The molecule has 0 amide bonds. The molecule has 0 unspecified atom stereocenters. The molecule has 1 N–H and O–H groups in total. The van der Waals surface area contributed by atoms with Gasteiger partial charge in [-0.15, -0.1) is 0 Å². The van der Waals surface area contributed by atoms with E-state index in [1.807, 2.05) is 0 Å². The van der Waals surface area contributed by atoms with Crippen molar-refractivity contribution in [2.75, 3.05) is 21.3 Å². The first-order valence-electron chi connectivity index (χ1n) is 7.60. The molecule has 1 aliphatic rings. The van der Waals surface area contributed by atoms with Crippen molar-refractivity contribution in [3.63, 3.8) is 0 Å². The van der Waals surface area contributed by atoms with E-state index in [1.54, 1.807) is 24.3 Å². The van der Waals surface area contributed by atoms with Crippen molar-refractivity contribution >= 4 is 21.9 Å². The molecule has 1 heterocycles. The highest BCUT2D eigenvalue weighted by atomic mass is 32.2. The third-order valence-electron chi connectivity index (χ3n) is 3.94. The molecule has 0 saturated carbocycles. The Balaban J connectivity index is 2.16. The maximum absolute atomic E-state index is 12.7. The number of hydrogen-bond donors (Lipinski definition) is 1. The van der Waals surface area contributed by atoms with Gasteiger partial charge in [0.15, 0.2) is 11.5 Å². The summed E-state index contributed by atoms with van der Waals surface area (Å²) in [6.07, 6.45) is 1.41. The van der Waals surface area contributed by atoms with Crippen molar-refractivity contribution < 1.29 is 27.4 Å². The van der Waals surface area contributed by atoms with E-state index >= 15 is 0 Å². The Kier molecular flexibility index (Phi) is 4.60. The summed E-state index contributed by atoms with van der Waals surface area (Å²) in [7, 11) is 0.569. The number of ether oxygens (including phenoxy) is 3. The topological polar surface area (TPSA) is 90.9 Å². The Morgan fingerprint density at radius 3 is 2.27 bits per heavy atom. The number of rotatable bonds is 4. The largest absolute Gasteiger partial charge is 0.493 e. The maximum Gasteiger partial charge on any atom is 0.262 e. The first-order valence-corrected chi connectivity index (χ1v) is 9.08. The van der Waals surface area contributed by atoms with Crippen molar-refractivity contribution in [3.05, 3.63) is 53.2 Å². The van der Waals surface area contributed by atoms with Crippen LogP contribution in [0.3, 0.4) is 0 Å². The molecule has 2 aromatic rings. The van der Waals surface area contributed by atoms with Gasteiger partial charge in [0.25, 0.3) is 10.0 Å². The monoisotopic (exact) mass is 375 g/mol. The number of benzene rings is 2. The van der Waals surface area contributed by atoms with Gasteiger partial charge in [0.05, 0.1) is 31.9 Å². The molecule has 8 heteroatoms. The second kappa shape index (κ2) is 6.72. The molecule has 0 spiro atoms. The third kappa shape index (κ3) is 2.88. The summed E-state index contributed by atoms with van der Waals surface area (Å²) in [5, 5.41) is 0. The van der Waals surface area contributed by atoms with E-state index in [2.05, 4.69) is 4.72 Å². The molecule has 0 saturated heterocycles. The van der Waals surface area contributed by atoms with Crippen LogP contribution in [0, 0.1) is 0 Å². The van der Waals surface area contributed by atoms with Crippen LogP contribution >= 0.6 is 0 Å². The van der Waals surface area contributed by atoms with Crippen LogP contribution in [0.2, 0.25) is 0 Å². The molecule has 26 heavy (non-hydrogen) atoms. The highest BCUT2D eigenvalue weighted by molar-refractivity contribution is 7.90. The number of nitrogens with one attached hydrogen (secondary N) is 1. The molecule has 0 bridgehead atoms. The van der Waals surface area contributed by atoms with Gasteiger partial charge in [-0.2, -0.15) is 0 Å². The fourth-order valence-corrected chi connectivity index (χ4v) is 4.03. The normalized spacial score (nSPS) is 16.6. The molecule has 0 fully saturated rings. The average Bonchev–Trinajstić information content (AvgIpc) is 2.65. The van der Waals surface area contributed by atoms with Crippen LogP contribution in [0.15, 0.2) is 47.0 Å². The number of methoxy groups -OCH3 is 3. The van der Waals surface area contributed by atoms with Crippen molar-refractivity contribution in [3.8, 4) is 17.2 Å². The molecule has 7 nitrogen and oxygen atoms in total. The quantitative estimate of drug-likeness (QED) is 0.824. The molecule has 1 aliphatic heterocycles. The SMILES string of the molecule is COc1ccc(C=C2NS(=O)(=O)c3ccccc3C2=O)c(OC)c1OC. The molecule has 0 aliphatic carbocycles. The number of Topliss-reactive ketones (excluding diaryl/α,β-unsaturated/α-hetero) is 1. The molecule has 3 rings (SSSR count).